The number of amides is 1. The van der Waals surface area contributed by atoms with Crippen molar-refractivity contribution < 1.29 is 19.6 Å². The number of carboxylic acids is 1. The maximum atomic E-state index is 11.9. The molecule has 0 radical (unpaired) electrons. The summed E-state index contributed by atoms with van der Waals surface area (Å²) in [6, 6.07) is 4.05. The second kappa shape index (κ2) is 6.85. The van der Waals surface area contributed by atoms with E-state index >= 15 is 0 Å². The van der Waals surface area contributed by atoms with E-state index in [-0.39, 0.29) is 29.5 Å². The Labute approximate surface area is 119 Å². The van der Waals surface area contributed by atoms with Gasteiger partial charge in [0.25, 0.3) is 5.91 Å². The first kappa shape index (κ1) is 15.9. The highest BCUT2D eigenvalue weighted by Crippen LogP contribution is 2.28. The van der Waals surface area contributed by atoms with Crippen molar-refractivity contribution in [2.45, 2.75) is 13.3 Å². The number of carbonyl (C=O) groups excluding carboxylic acids is 1. The minimum Gasteiger partial charge on any atom is -0.481 e. The number of para-hydroxylation sites is 1. The number of nitro groups is 1. The molecule has 1 aromatic carbocycles. The van der Waals surface area contributed by atoms with Gasteiger partial charge in [-0.05, 0) is 18.1 Å². The molecule has 0 fully saturated rings. The zero-order valence-corrected chi connectivity index (χ0v) is 11.4. The van der Waals surface area contributed by atoms with Gasteiger partial charge in [0.1, 0.15) is 10.6 Å². The van der Waals surface area contributed by atoms with E-state index in [1.165, 1.54) is 18.2 Å². The van der Waals surface area contributed by atoms with E-state index in [4.69, 9.17) is 16.7 Å². The molecule has 1 atom stereocenters. The van der Waals surface area contributed by atoms with Crippen LogP contribution in [0, 0.1) is 16.0 Å². The number of hydrogen-bond donors (Lipinski definition) is 2. The lowest BCUT2D eigenvalue weighted by Crippen LogP contribution is -2.29. The van der Waals surface area contributed by atoms with Gasteiger partial charge >= 0.3 is 11.7 Å². The highest BCUT2D eigenvalue weighted by Gasteiger charge is 2.23. The molecule has 2 N–H and O–H groups in total. The van der Waals surface area contributed by atoms with Gasteiger partial charge in [0.05, 0.1) is 4.92 Å². The molecule has 0 spiro atoms. The number of carbonyl (C=O) groups is 2. The van der Waals surface area contributed by atoms with Crippen LogP contribution in [0.15, 0.2) is 18.2 Å². The number of hydrogen-bond acceptors (Lipinski definition) is 4. The second-order valence-electron chi connectivity index (χ2n) is 4.31. The van der Waals surface area contributed by atoms with Gasteiger partial charge in [-0.1, -0.05) is 24.6 Å². The quantitative estimate of drug-likeness (QED) is 0.617. The predicted molar refractivity (Wildman–Crippen MR) is 71.9 cm³/mol. The number of halogens is 1. The molecule has 108 valence electrons. The molecule has 0 saturated heterocycles. The molecule has 8 heteroatoms. The van der Waals surface area contributed by atoms with Crippen LogP contribution in [0.4, 0.5) is 5.69 Å². The van der Waals surface area contributed by atoms with Crippen molar-refractivity contribution in [1.82, 2.24) is 5.32 Å². The normalized spacial score (nSPS) is 11.7. The van der Waals surface area contributed by atoms with Crippen molar-refractivity contribution in [3.8, 4) is 0 Å². The van der Waals surface area contributed by atoms with E-state index in [2.05, 4.69) is 5.32 Å². The zero-order valence-electron chi connectivity index (χ0n) is 10.6. The molecule has 1 aromatic rings. The number of nitrogens with zero attached hydrogens (tertiary/aromatic N) is 1. The first-order valence-electron chi connectivity index (χ1n) is 5.75. The van der Waals surface area contributed by atoms with Gasteiger partial charge in [-0.2, -0.15) is 0 Å². The van der Waals surface area contributed by atoms with E-state index in [9.17, 15) is 19.7 Å². The van der Waals surface area contributed by atoms with Crippen molar-refractivity contribution in [3.05, 3.63) is 38.9 Å². The number of rotatable bonds is 6. The smallest absolute Gasteiger partial charge is 0.303 e. The monoisotopic (exact) mass is 300 g/mol. The van der Waals surface area contributed by atoms with E-state index in [1.54, 1.807) is 6.92 Å². The fourth-order valence-electron chi connectivity index (χ4n) is 1.62. The fraction of sp³-hybridized carbons (Fsp3) is 0.333. The van der Waals surface area contributed by atoms with Crippen LogP contribution >= 0.6 is 11.6 Å². The molecule has 0 aromatic heterocycles. The molecule has 20 heavy (non-hydrogen) atoms. The highest BCUT2D eigenvalue weighted by molar-refractivity contribution is 6.33. The van der Waals surface area contributed by atoms with Crippen molar-refractivity contribution in [2.75, 3.05) is 6.54 Å². The number of benzene rings is 1. The Balaban J connectivity index is 2.81. The van der Waals surface area contributed by atoms with Gasteiger partial charge in [-0.25, -0.2) is 0 Å². The summed E-state index contributed by atoms with van der Waals surface area (Å²) in [5.41, 5.74) is -0.609. The van der Waals surface area contributed by atoms with Crippen LogP contribution < -0.4 is 5.32 Å². The topological polar surface area (TPSA) is 110 Å². The summed E-state index contributed by atoms with van der Waals surface area (Å²) in [6.45, 7) is 1.76. The summed E-state index contributed by atoms with van der Waals surface area (Å²) in [5.74, 6) is -1.91. The van der Waals surface area contributed by atoms with Crippen LogP contribution in [0.3, 0.4) is 0 Å². The Morgan fingerprint density at radius 1 is 1.50 bits per heavy atom. The third kappa shape index (κ3) is 4.20. The number of carboxylic acid groups (broad SMARTS) is 1. The Kier molecular flexibility index (Phi) is 5.45. The number of aliphatic carboxylic acids is 1. The van der Waals surface area contributed by atoms with Gasteiger partial charge in [-0.3, -0.25) is 19.7 Å². The van der Waals surface area contributed by atoms with Crippen LogP contribution in [0.25, 0.3) is 0 Å². The molecule has 1 rings (SSSR count). The van der Waals surface area contributed by atoms with Crippen molar-refractivity contribution in [1.29, 1.82) is 0 Å². The first-order chi connectivity index (χ1) is 9.32. The molecule has 0 bridgehead atoms. The van der Waals surface area contributed by atoms with E-state index in [0.29, 0.717) is 0 Å². The summed E-state index contributed by atoms with van der Waals surface area (Å²) in [4.78, 5) is 32.6. The van der Waals surface area contributed by atoms with Gasteiger partial charge in [0.15, 0.2) is 0 Å². The molecular weight excluding hydrogens is 288 g/mol. The Bertz CT molecular complexity index is 547. The fourth-order valence-corrected chi connectivity index (χ4v) is 1.86. The third-order valence-electron chi connectivity index (χ3n) is 2.55. The minimum absolute atomic E-state index is 0.0993. The van der Waals surface area contributed by atoms with Gasteiger partial charge in [0, 0.05) is 13.0 Å². The molecule has 7 nitrogen and oxygen atoms in total. The van der Waals surface area contributed by atoms with Crippen LogP contribution in [0.2, 0.25) is 5.02 Å². The minimum atomic E-state index is -0.972. The summed E-state index contributed by atoms with van der Waals surface area (Å²) >= 11 is 5.70. The third-order valence-corrected chi connectivity index (χ3v) is 2.85. The average Bonchev–Trinajstić information content (AvgIpc) is 2.34. The van der Waals surface area contributed by atoms with Crippen molar-refractivity contribution in [2.24, 2.45) is 5.92 Å². The molecule has 0 aliphatic rings. The predicted octanol–water partition coefficient (Wildman–Crippen LogP) is 2.09. The maximum Gasteiger partial charge on any atom is 0.303 e. The summed E-state index contributed by atoms with van der Waals surface area (Å²) in [6.07, 6.45) is -0.0993. The van der Waals surface area contributed by atoms with Gasteiger partial charge in [-0.15, -0.1) is 0 Å². The second-order valence-corrected chi connectivity index (χ2v) is 4.71. The average molecular weight is 301 g/mol. The molecule has 0 heterocycles. The van der Waals surface area contributed by atoms with Gasteiger partial charge < -0.3 is 10.4 Å². The Hall–Kier alpha value is -2.15. The molecule has 0 aliphatic heterocycles. The SMILES string of the molecule is CC(CNC(=O)c1cccc(Cl)c1[N+](=O)[O-])CC(=O)O. The van der Waals surface area contributed by atoms with Crippen LogP contribution in [-0.2, 0) is 4.79 Å². The van der Waals surface area contributed by atoms with E-state index in [0.717, 1.165) is 0 Å². The lowest BCUT2D eigenvalue weighted by atomic mass is 10.1. The lowest BCUT2D eigenvalue weighted by Gasteiger charge is -2.10. The van der Waals surface area contributed by atoms with Gasteiger partial charge in [0.2, 0.25) is 0 Å². The Morgan fingerprint density at radius 2 is 2.15 bits per heavy atom. The van der Waals surface area contributed by atoms with Crippen molar-refractivity contribution in [3.63, 3.8) is 0 Å². The molecule has 0 saturated carbocycles. The van der Waals surface area contributed by atoms with E-state index < -0.39 is 22.5 Å². The maximum absolute atomic E-state index is 11.9. The van der Waals surface area contributed by atoms with Crippen LogP contribution in [-0.4, -0.2) is 28.5 Å². The van der Waals surface area contributed by atoms with Crippen LogP contribution in [0.5, 0.6) is 0 Å². The first-order valence-corrected chi connectivity index (χ1v) is 6.13. The largest absolute Gasteiger partial charge is 0.481 e. The standard InChI is InChI=1S/C12H13ClN2O5/c1-7(5-10(16)17)6-14-12(18)8-3-2-4-9(13)11(8)15(19)20/h2-4,7H,5-6H2,1H3,(H,14,18)(H,16,17). The number of nitrogens with one attached hydrogen (secondary N) is 1. The molecule has 1 amide bonds. The Morgan fingerprint density at radius 3 is 2.70 bits per heavy atom. The summed E-state index contributed by atoms with van der Waals surface area (Å²) < 4.78 is 0. The van der Waals surface area contributed by atoms with Crippen LogP contribution in [0.1, 0.15) is 23.7 Å². The summed E-state index contributed by atoms with van der Waals surface area (Å²) in [7, 11) is 0. The molecule has 0 aliphatic carbocycles. The lowest BCUT2D eigenvalue weighted by molar-refractivity contribution is -0.385. The number of nitro benzene ring substituents is 1. The summed E-state index contributed by atoms with van der Waals surface area (Å²) in [5, 5.41) is 21.8. The zero-order chi connectivity index (χ0) is 15.3. The highest BCUT2D eigenvalue weighted by atomic mass is 35.5. The van der Waals surface area contributed by atoms with E-state index in [1.807, 2.05) is 0 Å². The molecule has 1 unspecified atom stereocenters. The van der Waals surface area contributed by atoms with Crippen molar-refractivity contribution >= 4 is 29.2 Å². The molecular formula is C12H13ClN2O5.